The zero-order valence-electron chi connectivity index (χ0n) is 10.8. The quantitative estimate of drug-likeness (QED) is 0.795. The number of hydrogen-bond donors (Lipinski definition) is 1. The molecule has 4 nitrogen and oxygen atoms in total. The second kappa shape index (κ2) is 4.19. The molecule has 0 atom stereocenters. The normalized spacial score (nSPS) is 50.5. The first-order chi connectivity index (χ1) is 8.16. The minimum Gasteiger partial charge on any atom is -0.326 e. The van der Waals surface area contributed by atoms with Gasteiger partial charge in [-0.15, -0.1) is 0 Å². The molecule has 3 heterocycles. The largest absolute Gasteiger partial charge is 0.326 e. The predicted octanol–water partition coefficient (Wildman–Crippen LogP) is 1.50. The molecule has 0 aromatic heterocycles. The Morgan fingerprint density at radius 1 is 0.941 bits per heavy atom. The van der Waals surface area contributed by atoms with Crippen molar-refractivity contribution in [2.75, 3.05) is 26.9 Å². The Morgan fingerprint density at radius 2 is 1.47 bits per heavy atom. The van der Waals surface area contributed by atoms with E-state index in [9.17, 15) is 0 Å². The molecule has 4 heteroatoms. The van der Waals surface area contributed by atoms with Gasteiger partial charge in [0.25, 0.3) is 5.97 Å². The van der Waals surface area contributed by atoms with Crippen LogP contribution in [0.2, 0.25) is 0 Å². The topological polar surface area (TPSA) is 39.7 Å². The first kappa shape index (κ1) is 11.9. The van der Waals surface area contributed by atoms with E-state index in [2.05, 4.69) is 12.2 Å². The van der Waals surface area contributed by atoms with Crippen molar-refractivity contribution in [1.29, 1.82) is 0 Å². The number of ether oxygens (including phenoxy) is 3. The van der Waals surface area contributed by atoms with E-state index in [-0.39, 0.29) is 5.41 Å². The summed E-state index contributed by atoms with van der Waals surface area (Å²) in [5.41, 5.74) is 0.0733. The van der Waals surface area contributed by atoms with E-state index in [0.29, 0.717) is 12.0 Å². The number of rotatable bonds is 2. The molecule has 0 unspecified atom stereocenters. The molecule has 4 aliphatic rings. The zero-order valence-corrected chi connectivity index (χ0v) is 10.8. The van der Waals surface area contributed by atoms with Crippen molar-refractivity contribution in [2.24, 2.45) is 11.3 Å². The maximum Gasteiger partial charge on any atom is 0.285 e. The van der Waals surface area contributed by atoms with Crippen molar-refractivity contribution >= 4 is 0 Å². The first-order valence-corrected chi connectivity index (χ1v) is 6.75. The average molecular weight is 241 g/mol. The van der Waals surface area contributed by atoms with E-state index in [1.54, 1.807) is 0 Å². The lowest BCUT2D eigenvalue weighted by atomic mass is 9.82. The maximum atomic E-state index is 5.91. The third kappa shape index (κ3) is 2.01. The summed E-state index contributed by atoms with van der Waals surface area (Å²) >= 11 is 0. The molecule has 1 aliphatic carbocycles. The van der Waals surface area contributed by atoms with Crippen LogP contribution in [0.5, 0.6) is 0 Å². The molecule has 1 saturated carbocycles. The van der Waals surface area contributed by atoms with E-state index in [1.165, 1.54) is 12.8 Å². The Kier molecular flexibility index (Phi) is 2.94. The molecular formula is C13H23NO3. The van der Waals surface area contributed by atoms with Gasteiger partial charge in [-0.2, -0.15) is 0 Å². The molecule has 0 amide bonds. The number of nitrogens with one attached hydrogen (secondary N) is 1. The van der Waals surface area contributed by atoms with Crippen LogP contribution < -0.4 is 5.32 Å². The van der Waals surface area contributed by atoms with Gasteiger partial charge >= 0.3 is 0 Å². The molecule has 0 radical (unpaired) electrons. The standard InChI is InChI=1S/C13H23NO3/c1-12-7-15-13(16-8-12,17-9-12)10-3-5-11(14-2)6-4-10/h10-11,14H,3-9H2,1-2H3. The van der Waals surface area contributed by atoms with Crippen LogP contribution >= 0.6 is 0 Å². The lowest BCUT2D eigenvalue weighted by Crippen LogP contribution is -2.62. The number of fused-ring (bicyclic) bond motifs is 3. The summed E-state index contributed by atoms with van der Waals surface area (Å²) in [4.78, 5) is 0. The van der Waals surface area contributed by atoms with Crippen LogP contribution in [-0.2, 0) is 14.2 Å². The minimum absolute atomic E-state index is 0.0733. The van der Waals surface area contributed by atoms with E-state index in [1.807, 2.05) is 7.05 Å². The van der Waals surface area contributed by atoms with E-state index >= 15 is 0 Å². The fourth-order valence-electron chi connectivity index (χ4n) is 3.16. The van der Waals surface area contributed by atoms with Gasteiger partial charge < -0.3 is 19.5 Å². The molecule has 17 heavy (non-hydrogen) atoms. The van der Waals surface area contributed by atoms with Crippen molar-refractivity contribution in [3.63, 3.8) is 0 Å². The second-order valence-electron chi connectivity index (χ2n) is 6.12. The molecule has 4 rings (SSSR count). The van der Waals surface area contributed by atoms with Gasteiger partial charge in [0, 0.05) is 17.4 Å². The molecule has 0 aromatic carbocycles. The number of hydrogen-bond acceptors (Lipinski definition) is 4. The van der Waals surface area contributed by atoms with Gasteiger partial charge in [-0.3, -0.25) is 0 Å². The molecule has 4 fully saturated rings. The smallest absolute Gasteiger partial charge is 0.285 e. The van der Waals surface area contributed by atoms with Gasteiger partial charge in [-0.25, -0.2) is 0 Å². The highest BCUT2D eigenvalue weighted by Crippen LogP contribution is 2.46. The Labute approximate surface area is 103 Å². The third-order valence-electron chi connectivity index (χ3n) is 4.50. The fourth-order valence-corrected chi connectivity index (χ4v) is 3.16. The van der Waals surface area contributed by atoms with Crippen molar-refractivity contribution < 1.29 is 14.2 Å². The van der Waals surface area contributed by atoms with Crippen molar-refractivity contribution in [1.82, 2.24) is 5.32 Å². The monoisotopic (exact) mass is 241 g/mol. The SMILES string of the molecule is CNC1CCC(C23OCC(C)(CO2)CO3)CC1. The lowest BCUT2D eigenvalue weighted by Gasteiger charge is -2.54. The van der Waals surface area contributed by atoms with Gasteiger partial charge in [0.15, 0.2) is 0 Å². The van der Waals surface area contributed by atoms with Gasteiger partial charge in [0.2, 0.25) is 0 Å². The van der Waals surface area contributed by atoms with Gasteiger partial charge in [-0.1, -0.05) is 6.92 Å². The molecule has 98 valence electrons. The van der Waals surface area contributed by atoms with Crippen LogP contribution in [0.4, 0.5) is 0 Å². The summed E-state index contributed by atoms with van der Waals surface area (Å²) in [6.45, 7) is 4.49. The molecule has 1 N–H and O–H groups in total. The highest BCUT2D eigenvalue weighted by molar-refractivity contribution is 4.90. The van der Waals surface area contributed by atoms with E-state index in [4.69, 9.17) is 14.2 Å². The summed E-state index contributed by atoms with van der Waals surface area (Å²) in [6.07, 6.45) is 4.64. The zero-order chi connectivity index (χ0) is 11.9. The van der Waals surface area contributed by atoms with Crippen LogP contribution in [-0.4, -0.2) is 38.9 Å². The predicted molar refractivity (Wildman–Crippen MR) is 63.5 cm³/mol. The van der Waals surface area contributed by atoms with Crippen molar-refractivity contribution in [2.45, 2.75) is 44.6 Å². The average Bonchev–Trinajstić information content (AvgIpc) is 2.40. The summed E-state index contributed by atoms with van der Waals surface area (Å²) in [7, 11) is 2.04. The minimum atomic E-state index is -0.712. The van der Waals surface area contributed by atoms with Gasteiger partial charge in [0.05, 0.1) is 19.8 Å². The van der Waals surface area contributed by atoms with Crippen LogP contribution in [0.3, 0.4) is 0 Å². The summed E-state index contributed by atoms with van der Waals surface area (Å²) in [6, 6.07) is 0.653. The van der Waals surface area contributed by atoms with Gasteiger partial charge in [0.1, 0.15) is 0 Å². The molecule has 3 saturated heterocycles. The Balaban J connectivity index is 1.65. The maximum absolute atomic E-state index is 5.91. The Hall–Kier alpha value is -0.160. The highest BCUT2D eigenvalue weighted by atomic mass is 16.9. The van der Waals surface area contributed by atoms with Crippen molar-refractivity contribution in [3.8, 4) is 0 Å². The summed E-state index contributed by atoms with van der Waals surface area (Å²) in [5, 5.41) is 3.35. The molecule has 3 aliphatic heterocycles. The van der Waals surface area contributed by atoms with E-state index < -0.39 is 5.97 Å². The van der Waals surface area contributed by atoms with Crippen LogP contribution in [0, 0.1) is 11.3 Å². The van der Waals surface area contributed by atoms with Crippen molar-refractivity contribution in [3.05, 3.63) is 0 Å². The van der Waals surface area contributed by atoms with Crippen LogP contribution in [0.1, 0.15) is 32.6 Å². The van der Waals surface area contributed by atoms with Crippen LogP contribution in [0.25, 0.3) is 0 Å². The van der Waals surface area contributed by atoms with Crippen LogP contribution in [0.15, 0.2) is 0 Å². The molecule has 0 spiro atoms. The summed E-state index contributed by atoms with van der Waals surface area (Å²) < 4.78 is 17.7. The molecule has 2 bridgehead atoms. The highest BCUT2D eigenvalue weighted by Gasteiger charge is 2.54. The van der Waals surface area contributed by atoms with E-state index in [0.717, 1.165) is 32.7 Å². The third-order valence-corrected chi connectivity index (χ3v) is 4.50. The molecule has 0 aromatic rings. The summed E-state index contributed by atoms with van der Waals surface area (Å²) in [5.74, 6) is -0.312. The Morgan fingerprint density at radius 3 is 1.94 bits per heavy atom. The van der Waals surface area contributed by atoms with Gasteiger partial charge in [-0.05, 0) is 32.7 Å². The Bertz CT molecular complexity index is 262. The first-order valence-electron chi connectivity index (χ1n) is 6.75. The fraction of sp³-hybridized carbons (Fsp3) is 1.00. The second-order valence-corrected chi connectivity index (χ2v) is 6.12. The lowest BCUT2D eigenvalue weighted by molar-refractivity contribution is -0.485. The molecular weight excluding hydrogens is 218 g/mol.